The summed E-state index contributed by atoms with van der Waals surface area (Å²) < 4.78 is 0. The van der Waals surface area contributed by atoms with E-state index in [9.17, 15) is 4.79 Å². The van der Waals surface area contributed by atoms with Crippen LogP contribution < -0.4 is 5.43 Å². The molecule has 1 aromatic carbocycles. The van der Waals surface area contributed by atoms with Gasteiger partial charge in [0.15, 0.2) is 5.43 Å². The second kappa shape index (κ2) is 3.12. The van der Waals surface area contributed by atoms with Crippen LogP contribution in [0, 0.1) is 5.41 Å². The zero-order valence-corrected chi connectivity index (χ0v) is 11.7. The minimum Gasteiger partial charge on any atom is -0.357 e. The fraction of sp³-hybridized carbons (Fsp3) is 0.471. The van der Waals surface area contributed by atoms with Gasteiger partial charge in [-0.3, -0.25) is 4.79 Å². The van der Waals surface area contributed by atoms with Crippen molar-refractivity contribution in [1.82, 2.24) is 4.98 Å². The molecule has 1 fully saturated rings. The molecular formula is C17H19NO. The number of rotatable bonds is 0. The summed E-state index contributed by atoms with van der Waals surface area (Å²) in [7, 11) is 0. The molecule has 2 atom stereocenters. The number of fused-ring (bicyclic) bond motifs is 6. The normalized spacial score (nSPS) is 30.8. The lowest BCUT2D eigenvalue weighted by Crippen LogP contribution is -2.32. The van der Waals surface area contributed by atoms with E-state index in [4.69, 9.17) is 0 Å². The van der Waals surface area contributed by atoms with Gasteiger partial charge in [0.05, 0.1) is 0 Å². The predicted molar refractivity (Wildman–Crippen MR) is 77.7 cm³/mol. The Hall–Kier alpha value is -1.57. The third kappa shape index (κ3) is 1.07. The van der Waals surface area contributed by atoms with E-state index in [0.717, 1.165) is 22.9 Å². The molecule has 1 N–H and O–H groups in total. The highest BCUT2D eigenvalue weighted by Crippen LogP contribution is 2.66. The minimum absolute atomic E-state index is 0.121. The molecule has 0 unspecified atom stereocenters. The Labute approximate surface area is 112 Å². The molecule has 0 radical (unpaired) electrons. The summed E-state index contributed by atoms with van der Waals surface area (Å²) in [5.41, 5.74) is 3.81. The first-order valence-electron chi connectivity index (χ1n) is 7.12. The molecule has 2 aliphatic carbocycles. The maximum atomic E-state index is 12.8. The van der Waals surface area contributed by atoms with Crippen LogP contribution in [0.4, 0.5) is 0 Å². The standard InChI is InChI=1S/C17H19NO/c1-16(2)11-8-9-17(16,3)15-13(11)14(19)10-6-4-5-7-12(10)18-15/h4-7,11H,8-9H2,1-3H3,(H,18,19)/t11-,17+/m1/s1. The molecule has 1 aromatic heterocycles. The molecule has 2 nitrogen and oxygen atoms in total. The second-order valence-corrected chi connectivity index (χ2v) is 6.93. The molecule has 0 saturated heterocycles. The van der Waals surface area contributed by atoms with Crippen molar-refractivity contribution in [3.8, 4) is 0 Å². The summed E-state index contributed by atoms with van der Waals surface area (Å²) in [5.74, 6) is 0.417. The lowest BCUT2D eigenvalue weighted by Gasteiger charge is -2.34. The Morgan fingerprint density at radius 3 is 2.74 bits per heavy atom. The van der Waals surface area contributed by atoms with Gasteiger partial charge in [0.1, 0.15) is 0 Å². The summed E-state index contributed by atoms with van der Waals surface area (Å²) in [6.07, 6.45) is 2.34. The van der Waals surface area contributed by atoms with Crippen LogP contribution in [0.5, 0.6) is 0 Å². The molecule has 2 bridgehead atoms. The highest BCUT2D eigenvalue weighted by molar-refractivity contribution is 5.80. The Morgan fingerprint density at radius 1 is 1.21 bits per heavy atom. The average Bonchev–Trinajstić information content (AvgIpc) is 2.71. The van der Waals surface area contributed by atoms with Gasteiger partial charge in [0, 0.05) is 27.6 Å². The molecule has 19 heavy (non-hydrogen) atoms. The number of H-pyrrole nitrogens is 1. The number of benzene rings is 1. The molecule has 2 aliphatic rings. The Bertz CT molecular complexity index is 755. The van der Waals surface area contributed by atoms with Crippen LogP contribution in [0.3, 0.4) is 0 Å². The van der Waals surface area contributed by atoms with Crippen LogP contribution >= 0.6 is 0 Å². The van der Waals surface area contributed by atoms with Gasteiger partial charge in [-0.1, -0.05) is 32.9 Å². The molecule has 4 rings (SSSR count). The maximum Gasteiger partial charge on any atom is 0.193 e. The zero-order valence-electron chi connectivity index (χ0n) is 11.7. The lowest BCUT2D eigenvalue weighted by molar-refractivity contribution is 0.227. The lowest BCUT2D eigenvalue weighted by atomic mass is 9.70. The van der Waals surface area contributed by atoms with Crippen molar-refractivity contribution in [1.29, 1.82) is 0 Å². The highest BCUT2D eigenvalue weighted by atomic mass is 16.1. The van der Waals surface area contributed by atoms with Gasteiger partial charge in [-0.15, -0.1) is 0 Å². The Kier molecular flexibility index (Phi) is 1.85. The molecular weight excluding hydrogens is 234 g/mol. The third-order valence-corrected chi connectivity index (χ3v) is 6.07. The molecule has 1 heterocycles. The highest BCUT2D eigenvalue weighted by Gasteiger charge is 2.60. The van der Waals surface area contributed by atoms with E-state index in [1.54, 1.807) is 0 Å². The predicted octanol–water partition coefficient (Wildman–Crippen LogP) is 3.70. The van der Waals surface area contributed by atoms with Crippen LogP contribution in [-0.4, -0.2) is 4.98 Å². The van der Waals surface area contributed by atoms with Gasteiger partial charge in [0.2, 0.25) is 0 Å². The van der Waals surface area contributed by atoms with E-state index in [0.29, 0.717) is 5.92 Å². The van der Waals surface area contributed by atoms with Crippen molar-refractivity contribution in [2.75, 3.05) is 0 Å². The van der Waals surface area contributed by atoms with Crippen LogP contribution in [0.2, 0.25) is 0 Å². The number of aromatic nitrogens is 1. The van der Waals surface area contributed by atoms with E-state index >= 15 is 0 Å². The molecule has 2 heteroatoms. The quantitative estimate of drug-likeness (QED) is 0.763. The minimum atomic E-state index is 0.121. The van der Waals surface area contributed by atoms with Gasteiger partial charge in [-0.25, -0.2) is 0 Å². The first kappa shape index (κ1) is 11.3. The van der Waals surface area contributed by atoms with Crippen molar-refractivity contribution >= 4 is 10.9 Å². The molecule has 0 aliphatic heterocycles. The van der Waals surface area contributed by atoms with E-state index in [2.05, 4.69) is 25.8 Å². The third-order valence-electron chi connectivity index (χ3n) is 6.07. The number of nitrogens with one attached hydrogen (secondary N) is 1. The fourth-order valence-corrected chi connectivity index (χ4v) is 4.47. The second-order valence-electron chi connectivity index (χ2n) is 6.93. The first-order chi connectivity index (χ1) is 8.97. The summed E-state index contributed by atoms with van der Waals surface area (Å²) >= 11 is 0. The zero-order chi connectivity index (χ0) is 13.4. The van der Waals surface area contributed by atoms with Crippen molar-refractivity contribution in [2.24, 2.45) is 5.41 Å². The van der Waals surface area contributed by atoms with E-state index in [1.165, 1.54) is 12.1 Å². The van der Waals surface area contributed by atoms with E-state index in [1.807, 2.05) is 24.3 Å². The molecule has 0 spiro atoms. The summed E-state index contributed by atoms with van der Waals surface area (Å²) in [6.45, 7) is 6.97. The number of para-hydroxylation sites is 1. The molecule has 1 saturated carbocycles. The van der Waals surface area contributed by atoms with E-state index in [-0.39, 0.29) is 16.3 Å². The van der Waals surface area contributed by atoms with Gasteiger partial charge >= 0.3 is 0 Å². The van der Waals surface area contributed by atoms with Gasteiger partial charge in [-0.05, 0) is 36.3 Å². The number of pyridine rings is 1. The monoisotopic (exact) mass is 253 g/mol. The summed E-state index contributed by atoms with van der Waals surface area (Å²) in [6, 6.07) is 7.89. The maximum absolute atomic E-state index is 12.8. The molecule has 0 amide bonds. The smallest absolute Gasteiger partial charge is 0.193 e. The number of aromatic amines is 1. The van der Waals surface area contributed by atoms with Gasteiger partial charge in [-0.2, -0.15) is 0 Å². The fourth-order valence-electron chi connectivity index (χ4n) is 4.47. The van der Waals surface area contributed by atoms with Crippen molar-refractivity contribution in [3.63, 3.8) is 0 Å². The Balaban J connectivity index is 2.17. The molecule has 98 valence electrons. The van der Waals surface area contributed by atoms with Crippen LogP contribution in [0.25, 0.3) is 10.9 Å². The van der Waals surface area contributed by atoms with Crippen LogP contribution in [0.15, 0.2) is 29.1 Å². The van der Waals surface area contributed by atoms with Crippen LogP contribution in [-0.2, 0) is 5.41 Å². The van der Waals surface area contributed by atoms with Crippen molar-refractivity contribution < 1.29 is 0 Å². The SMILES string of the molecule is CC1(C)[C@@H]2CC[C@@]1(C)c1[nH]c3ccccc3c(=O)c12. The number of hydrogen-bond acceptors (Lipinski definition) is 1. The largest absolute Gasteiger partial charge is 0.357 e. The average molecular weight is 253 g/mol. The van der Waals surface area contributed by atoms with Crippen molar-refractivity contribution in [3.05, 3.63) is 45.7 Å². The molecule has 2 aromatic rings. The van der Waals surface area contributed by atoms with Gasteiger partial charge < -0.3 is 4.98 Å². The summed E-state index contributed by atoms with van der Waals surface area (Å²) in [4.78, 5) is 16.4. The van der Waals surface area contributed by atoms with E-state index < -0.39 is 0 Å². The van der Waals surface area contributed by atoms with Gasteiger partial charge in [0.25, 0.3) is 0 Å². The Morgan fingerprint density at radius 2 is 1.95 bits per heavy atom. The number of hydrogen-bond donors (Lipinski definition) is 1. The van der Waals surface area contributed by atoms with Crippen LogP contribution in [0.1, 0.15) is 50.8 Å². The van der Waals surface area contributed by atoms with Crippen molar-refractivity contribution in [2.45, 2.75) is 44.9 Å². The first-order valence-corrected chi connectivity index (χ1v) is 7.12. The topological polar surface area (TPSA) is 32.9 Å². The summed E-state index contributed by atoms with van der Waals surface area (Å²) in [5, 5.41) is 0.841.